The minimum absolute atomic E-state index is 0.288. The monoisotopic (exact) mass is 358 g/mol. The number of carbonyl (C=O) groups excluding carboxylic acids is 1. The third kappa shape index (κ3) is 3.62. The van der Waals surface area contributed by atoms with Gasteiger partial charge in [-0.05, 0) is 52.3 Å². The van der Waals surface area contributed by atoms with Gasteiger partial charge in [-0.25, -0.2) is 0 Å². The van der Waals surface area contributed by atoms with Crippen molar-refractivity contribution in [2.45, 2.75) is 0 Å². The van der Waals surface area contributed by atoms with Crippen molar-refractivity contribution < 1.29 is 4.79 Å². The standard InChI is InChI=1S/C13H9BrCl2N2O/c14-11-6-10(1-2-12(11)16)18-13(19)7-3-8(15)5-9(17)4-7/h1-6H,17H2,(H,18,19). The lowest BCUT2D eigenvalue weighted by atomic mass is 10.2. The average molecular weight is 360 g/mol. The second-order valence-corrected chi connectivity index (χ2v) is 5.55. The number of anilines is 2. The second kappa shape index (κ2) is 5.82. The van der Waals surface area contributed by atoms with Crippen molar-refractivity contribution in [3.63, 3.8) is 0 Å². The summed E-state index contributed by atoms with van der Waals surface area (Å²) in [5.41, 5.74) is 7.11. The Labute approximate surface area is 128 Å². The van der Waals surface area contributed by atoms with Gasteiger partial charge in [0.05, 0.1) is 5.02 Å². The summed E-state index contributed by atoms with van der Waals surface area (Å²) >= 11 is 15.0. The van der Waals surface area contributed by atoms with E-state index in [9.17, 15) is 4.79 Å². The molecule has 0 saturated heterocycles. The van der Waals surface area contributed by atoms with Crippen LogP contribution in [-0.2, 0) is 0 Å². The van der Waals surface area contributed by atoms with Crippen LogP contribution in [0.4, 0.5) is 11.4 Å². The van der Waals surface area contributed by atoms with Gasteiger partial charge in [-0.15, -0.1) is 0 Å². The summed E-state index contributed by atoms with van der Waals surface area (Å²) < 4.78 is 0.706. The van der Waals surface area contributed by atoms with Gasteiger partial charge in [-0.3, -0.25) is 4.79 Å². The van der Waals surface area contributed by atoms with Crippen LogP contribution in [0.2, 0.25) is 10.0 Å². The summed E-state index contributed by atoms with van der Waals surface area (Å²) in [7, 11) is 0. The van der Waals surface area contributed by atoms with Crippen LogP contribution in [0.1, 0.15) is 10.4 Å². The molecule has 0 aliphatic heterocycles. The van der Waals surface area contributed by atoms with Crippen LogP contribution in [0.3, 0.4) is 0 Å². The number of halogens is 3. The maximum Gasteiger partial charge on any atom is 0.255 e. The van der Waals surface area contributed by atoms with Crippen molar-refractivity contribution in [2.75, 3.05) is 11.1 Å². The molecule has 0 atom stereocenters. The summed E-state index contributed by atoms with van der Waals surface area (Å²) in [4.78, 5) is 12.0. The van der Waals surface area contributed by atoms with E-state index in [0.29, 0.717) is 31.5 Å². The molecule has 6 heteroatoms. The molecule has 98 valence electrons. The molecule has 3 nitrogen and oxygen atoms in total. The van der Waals surface area contributed by atoms with Crippen molar-refractivity contribution in [3.05, 3.63) is 56.5 Å². The lowest BCUT2D eigenvalue weighted by Gasteiger charge is -2.07. The van der Waals surface area contributed by atoms with E-state index in [1.54, 1.807) is 36.4 Å². The van der Waals surface area contributed by atoms with Gasteiger partial charge in [0.2, 0.25) is 0 Å². The molecule has 0 unspecified atom stereocenters. The number of nitrogens with one attached hydrogen (secondary N) is 1. The number of hydrogen-bond donors (Lipinski definition) is 2. The zero-order chi connectivity index (χ0) is 14.0. The Morgan fingerprint density at radius 3 is 2.53 bits per heavy atom. The molecule has 0 saturated carbocycles. The highest BCUT2D eigenvalue weighted by molar-refractivity contribution is 9.10. The maximum absolute atomic E-state index is 12.0. The number of amides is 1. The van der Waals surface area contributed by atoms with Gasteiger partial charge in [0, 0.05) is 26.4 Å². The first-order valence-corrected chi connectivity index (χ1v) is 6.83. The minimum atomic E-state index is -0.288. The van der Waals surface area contributed by atoms with Crippen molar-refractivity contribution >= 4 is 56.4 Å². The third-order valence-electron chi connectivity index (χ3n) is 2.36. The summed E-state index contributed by atoms with van der Waals surface area (Å²) in [6.07, 6.45) is 0. The van der Waals surface area contributed by atoms with E-state index < -0.39 is 0 Å². The van der Waals surface area contributed by atoms with Crippen molar-refractivity contribution in [1.82, 2.24) is 0 Å². The van der Waals surface area contributed by atoms with Crippen molar-refractivity contribution in [1.29, 1.82) is 0 Å². The van der Waals surface area contributed by atoms with Crippen LogP contribution in [0, 0.1) is 0 Å². The highest BCUT2D eigenvalue weighted by atomic mass is 79.9. The van der Waals surface area contributed by atoms with E-state index in [1.165, 1.54) is 0 Å². The van der Waals surface area contributed by atoms with Gasteiger partial charge in [0.1, 0.15) is 0 Å². The lowest BCUT2D eigenvalue weighted by Crippen LogP contribution is -2.12. The largest absolute Gasteiger partial charge is 0.399 e. The Morgan fingerprint density at radius 1 is 1.16 bits per heavy atom. The van der Waals surface area contributed by atoms with Crippen LogP contribution >= 0.6 is 39.1 Å². The zero-order valence-electron chi connectivity index (χ0n) is 9.58. The molecule has 2 aromatic rings. The molecule has 2 aromatic carbocycles. The quantitative estimate of drug-likeness (QED) is 0.770. The number of rotatable bonds is 2. The normalized spacial score (nSPS) is 10.3. The molecule has 0 radical (unpaired) electrons. The SMILES string of the molecule is Nc1cc(Cl)cc(C(=O)Nc2ccc(Cl)c(Br)c2)c1. The van der Waals surface area contributed by atoms with Gasteiger partial charge < -0.3 is 11.1 Å². The molecule has 0 spiro atoms. The molecule has 0 fully saturated rings. The number of carbonyl (C=O) groups is 1. The predicted molar refractivity (Wildman–Crippen MR) is 83.0 cm³/mol. The third-order valence-corrected chi connectivity index (χ3v) is 3.79. The number of benzene rings is 2. The van der Waals surface area contributed by atoms with E-state index in [-0.39, 0.29) is 5.91 Å². The molecule has 0 aliphatic rings. The van der Waals surface area contributed by atoms with Crippen molar-refractivity contribution in [3.8, 4) is 0 Å². The lowest BCUT2D eigenvalue weighted by molar-refractivity contribution is 0.102. The fraction of sp³-hybridized carbons (Fsp3) is 0. The highest BCUT2D eigenvalue weighted by Gasteiger charge is 2.09. The van der Waals surface area contributed by atoms with Gasteiger partial charge in [0.25, 0.3) is 5.91 Å². The molecule has 0 aromatic heterocycles. The first kappa shape index (κ1) is 14.2. The van der Waals surface area contributed by atoms with Crippen molar-refractivity contribution in [2.24, 2.45) is 0 Å². The zero-order valence-corrected chi connectivity index (χ0v) is 12.7. The smallest absolute Gasteiger partial charge is 0.255 e. The fourth-order valence-corrected chi connectivity index (χ4v) is 2.26. The summed E-state index contributed by atoms with van der Waals surface area (Å²) in [6, 6.07) is 9.81. The van der Waals surface area contributed by atoms with Crippen LogP contribution in [0.15, 0.2) is 40.9 Å². The second-order valence-electron chi connectivity index (χ2n) is 3.86. The molecule has 1 amide bonds. The van der Waals surface area contributed by atoms with E-state index >= 15 is 0 Å². The number of nitrogens with two attached hydrogens (primary N) is 1. The molecule has 19 heavy (non-hydrogen) atoms. The molecule has 0 heterocycles. The maximum atomic E-state index is 12.0. The molecule has 0 aliphatic carbocycles. The molecular weight excluding hydrogens is 351 g/mol. The van der Waals surface area contributed by atoms with Crippen LogP contribution in [-0.4, -0.2) is 5.91 Å². The van der Waals surface area contributed by atoms with Crippen LogP contribution < -0.4 is 11.1 Å². The highest BCUT2D eigenvalue weighted by Crippen LogP contribution is 2.26. The Morgan fingerprint density at radius 2 is 1.89 bits per heavy atom. The van der Waals surface area contributed by atoms with Crippen LogP contribution in [0.25, 0.3) is 0 Å². The molecular formula is C13H9BrCl2N2O. The van der Waals surface area contributed by atoms with E-state index in [1.807, 2.05) is 0 Å². The summed E-state index contributed by atoms with van der Waals surface area (Å²) in [5, 5.41) is 3.73. The van der Waals surface area contributed by atoms with Gasteiger partial charge in [-0.2, -0.15) is 0 Å². The Hall–Kier alpha value is -1.23. The predicted octanol–water partition coefficient (Wildman–Crippen LogP) is 4.59. The van der Waals surface area contributed by atoms with E-state index in [4.69, 9.17) is 28.9 Å². The molecule has 0 bridgehead atoms. The number of nitrogen functional groups attached to an aromatic ring is 1. The first-order valence-electron chi connectivity index (χ1n) is 5.28. The Balaban J connectivity index is 2.22. The van der Waals surface area contributed by atoms with Gasteiger partial charge in [-0.1, -0.05) is 23.2 Å². The fourth-order valence-electron chi connectivity index (χ4n) is 1.52. The van der Waals surface area contributed by atoms with Gasteiger partial charge in [0.15, 0.2) is 0 Å². The Kier molecular flexibility index (Phi) is 4.34. The van der Waals surface area contributed by atoms with Crippen LogP contribution in [0.5, 0.6) is 0 Å². The summed E-state index contributed by atoms with van der Waals surface area (Å²) in [6.45, 7) is 0. The molecule has 2 rings (SSSR count). The minimum Gasteiger partial charge on any atom is -0.399 e. The Bertz CT molecular complexity index is 626. The number of hydrogen-bond acceptors (Lipinski definition) is 2. The van der Waals surface area contributed by atoms with E-state index in [0.717, 1.165) is 0 Å². The first-order chi connectivity index (χ1) is 8.95. The average Bonchev–Trinajstić information content (AvgIpc) is 2.32. The summed E-state index contributed by atoms with van der Waals surface area (Å²) in [5.74, 6) is -0.288. The van der Waals surface area contributed by atoms with E-state index in [2.05, 4.69) is 21.2 Å². The molecule has 3 N–H and O–H groups in total. The van der Waals surface area contributed by atoms with Gasteiger partial charge >= 0.3 is 0 Å². The topological polar surface area (TPSA) is 55.1 Å².